The molecule has 1 atom stereocenters. The SMILES string of the molecule is CN(C[C@@H](O)CNC(C)(C)Cc1ccc2ccccc2c1)S(=O)(=O)c1ccc(-c2cc(C(=O)O)cc([N+](=O)[O-])c2)cc1. The van der Waals surface area contributed by atoms with Crippen molar-refractivity contribution in [3.63, 3.8) is 0 Å². The standard InChI is InChI=1S/C31H33N3O7S/c1-31(2,18-21-8-9-22-6-4-5-7-24(22)14-21)32-19-28(35)20-33(3)42(40,41)29-12-10-23(11-13-29)25-15-26(30(36)37)17-27(16-25)34(38)39/h4-17,28,32,35H,18-20H2,1-3H3,(H,36,37)/t28-/m0/s1. The summed E-state index contributed by atoms with van der Waals surface area (Å²) in [5.74, 6) is -1.31. The van der Waals surface area contributed by atoms with Crippen molar-refractivity contribution in [2.45, 2.75) is 36.8 Å². The van der Waals surface area contributed by atoms with E-state index in [0.29, 0.717) is 12.0 Å². The first-order valence-electron chi connectivity index (χ1n) is 13.3. The van der Waals surface area contributed by atoms with Crippen LogP contribution in [0.3, 0.4) is 0 Å². The molecule has 0 saturated heterocycles. The third-order valence-corrected chi connectivity index (χ3v) is 8.85. The number of likely N-dealkylation sites (N-methyl/N-ethyl adjacent to an activating group) is 1. The lowest BCUT2D eigenvalue weighted by atomic mass is 9.93. The van der Waals surface area contributed by atoms with E-state index in [1.807, 2.05) is 26.0 Å². The Kier molecular flexibility index (Phi) is 9.07. The second-order valence-electron chi connectivity index (χ2n) is 10.9. The minimum atomic E-state index is -3.96. The quantitative estimate of drug-likeness (QED) is 0.158. The average Bonchev–Trinajstić information content (AvgIpc) is 2.95. The summed E-state index contributed by atoms with van der Waals surface area (Å²) in [6, 6.07) is 23.5. The number of sulfonamides is 1. The van der Waals surface area contributed by atoms with Gasteiger partial charge in [-0.25, -0.2) is 13.2 Å². The van der Waals surface area contributed by atoms with E-state index in [4.69, 9.17) is 0 Å². The number of β-amino-alcohol motifs (C(OH)–C–C–N with tert-alkyl or cyclic N) is 1. The van der Waals surface area contributed by atoms with Crippen LogP contribution in [0.5, 0.6) is 0 Å². The molecule has 4 aromatic carbocycles. The zero-order valence-electron chi connectivity index (χ0n) is 23.5. The number of aliphatic hydroxyl groups is 1. The molecule has 0 radical (unpaired) electrons. The normalized spacial score (nSPS) is 12.9. The van der Waals surface area contributed by atoms with Gasteiger partial charge in [0.1, 0.15) is 0 Å². The summed E-state index contributed by atoms with van der Waals surface area (Å²) in [4.78, 5) is 21.9. The molecule has 42 heavy (non-hydrogen) atoms. The molecular weight excluding hydrogens is 558 g/mol. The third kappa shape index (κ3) is 7.37. The second kappa shape index (κ2) is 12.4. The van der Waals surface area contributed by atoms with Crippen LogP contribution < -0.4 is 5.32 Å². The topological polar surface area (TPSA) is 150 Å². The number of benzene rings is 4. The molecule has 0 heterocycles. The van der Waals surface area contributed by atoms with Crippen molar-refractivity contribution in [2.24, 2.45) is 0 Å². The van der Waals surface area contributed by atoms with Gasteiger partial charge in [0.25, 0.3) is 5.69 Å². The van der Waals surface area contributed by atoms with Gasteiger partial charge in [-0.3, -0.25) is 10.1 Å². The summed E-state index contributed by atoms with van der Waals surface area (Å²) >= 11 is 0. The number of carbonyl (C=O) groups is 1. The predicted molar refractivity (Wildman–Crippen MR) is 161 cm³/mol. The largest absolute Gasteiger partial charge is 0.478 e. The first kappa shape index (κ1) is 30.8. The van der Waals surface area contributed by atoms with Gasteiger partial charge in [-0.15, -0.1) is 0 Å². The molecule has 11 heteroatoms. The molecule has 0 aliphatic carbocycles. The molecule has 0 bridgehead atoms. The molecule has 10 nitrogen and oxygen atoms in total. The number of aliphatic hydroxyl groups excluding tert-OH is 1. The third-order valence-electron chi connectivity index (χ3n) is 7.02. The van der Waals surface area contributed by atoms with Crippen LogP contribution in [0.2, 0.25) is 0 Å². The number of non-ortho nitro benzene ring substituents is 1. The van der Waals surface area contributed by atoms with E-state index < -0.39 is 27.0 Å². The van der Waals surface area contributed by atoms with E-state index in [-0.39, 0.29) is 40.3 Å². The van der Waals surface area contributed by atoms with E-state index in [0.717, 1.165) is 26.7 Å². The van der Waals surface area contributed by atoms with Crippen molar-refractivity contribution in [2.75, 3.05) is 20.1 Å². The van der Waals surface area contributed by atoms with Gasteiger partial charge >= 0.3 is 5.97 Å². The summed E-state index contributed by atoms with van der Waals surface area (Å²) in [7, 11) is -2.57. The van der Waals surface area contributed by atoms with Crippen molar-refractivity contribution in [1.82, 2.24) is 9.62 Å². The number of nitrogens with one attached hydrogen (secondary N) is 1. The Morgan fingerprint density at radius 2 is 1.64 bits per heavy atom. The fraction of sp³-hybridized carbons (Fsp3) is 0.258. The Morgan fingerprint density at radius 3 is 2.29 bits per heavy atom. The lowest BCUT2D eigenvalue weighted by Crippen LogP contribution is -2.47. The summed E-state index contributed by atoms with van der Waals surface area (Å²) < 4.78 is 27.4. The molecule has 4 aromatic rings. The molecule has 3 N–H and O–H groups in total. The summed E-state index contributed by atoms with van der Waals surface area (Å²) in [6.07, 6.45) is -0.261. The molecule has 0 aliphatic heterocycles. The number of carboxylic acids is 1. The first-order valence-corrected chi connectivity index (χ1v) is 14.7. The molecule has 0 aromatic heterocycles. The van der Waals surface area contributed by atoms with Crippen molar-refractivity contribution >= 4 is 32.5 Å². The zero-order chi connectivity index (χ0) is 30.7. The van der Waals surface area contributed by atoms with E-state index in [1.165, 1.54) is 43.4 Å². The molecule has 0 unspecified atom stereocenters. The van der Waals surface area contributed by atoms with E-state index >= 15 is 0 Å². The number of nitro benzene ring substituents is 1. The number of rotatable bonds is 12. The van der Waals surface area contributed by atoms with Crippen LogP contribution >= 0.6 is 0 Å². The Morgan fingerprint density at radius 1 is 0.976 bits per heavy atom. The van der Waals surface area contributed by atoms with E-state index in [9.17, 15) is 33.5 Å². The molecule has 0 fully saturated rings. The zero-order valence-corrected chi connectivity index (χ0v) is 24.3. The van der Waals surface area contributed by atoms with Crippen LogP contribution in [0.15, 0.2) is 89.8 Å². The van der Waals surface area contributed by atoms with Crippen LogP contribution in [0.4, 0.5) is 5.69 Å². The van der Waals surface area contributed by atoms with Crippen molar-refractivity contribution in [3.8, 4) is 11.1 Å². The van der Waals surface area contributed by atoms with Gasteiger partial charge in [0, 0.05) is 37.8 Å². The van der Waals surface area contributed by atoms with E-state index in [1.54, 1.807) is 0 Å². The van der Waals surface area contributed by atoms with Crippen LogP contribution in [0.25, 0.3) is 21.9 Å². The minimum Gasteiger partial charge on any atom is -0.478 e. The Labute approximate surface area is 244 Å². The van der Waals surface area contributed by atoms with Crippen LogP contribution in [0, 0.1) is 10.1 Å². The number of hydrogen-bond acceptors (Lipinski definition) is 7. The molecule has 0 aliphatic rings. The predicted octanol–water partition coefficient (Wildman–Crippen LogP) is 4.71. The van der Waals surface area contributed by atoms with Crippen molar-refractivity contribution in [3.05, 3.63) is 106 Å². The van der Waals surface area contributed by atoms with Gasteiger partial charge < -0.3 is 15.5 Å². The number of fused-ring (bicyclic) bond motifs is 1. The fourth-order valence-corrected chi connectivity index (χ4v) is 5.99. The monoisotopic (exact) mass is 591 g/mol. The number of hydrogen-bond donors (Lipinski definition) is 3. The maximum atomic E-state index is 13.2. The van der Waals surface area contributed by atoms with Crippen molar-refractivity contribution in [1.29, 1.82) is 0 Å². The van der Waals surface area contributed by atoms with Gasteiger partial charge in [0.15, 0.2) is 0 Å². The summed E-state index contributed by atoms with van der Waals surface area (Å²) in [5, 5.41) is 36.9. The lowest BCUT2D eigenvalue weighted by Gasteiger charge is -2.29. The lowest BCUT2D eigenvalue weighted by molar-refractivity contribution is -0.384. The highest BCUT2D eigenvalue weighted by Gasteiger charge is 2.25. The molecule has 220 valence electrons. The van der Waals surface area contributed by atoms with Crippen LogP contribution in [0.1, 0.15) is 29.8 Å². The number of carboxylic acid groups (broad SMARTS) is 1. The van der Waals surface area contributed by atoms with Gasteiger partial charge in [-0.1, -0.05) is 54.6 Å². The maximum Gasteiger partial charge on any atom is 0.335 e. The first-order chi connectivity index (χ1) is 19.7. The highest BCUT2D eigenvalue weighted by molar-refractivity contribution is 7.89. The van der Waals surface area contributed by atoms with Gasteiger partial charge in [0.05, 0.1) is 21.5 Å². The van der Waals surface area contributed by atoms with Crippen LogP contribution in [-0.4, -0.2) is 65.6 Å². The Hall–Kier alpha value is -4.16. The summed E-state index contributed by atoms with van der Waals surface area (Å²) in [6.45, 7) is 4.09. The highest BCUT2D eigenvalue weighted by Crippen LogP contribution is 2.28. The maximum absolute atomic E-state index is 13.2. The second-order valence-corrected chi connectivity index (χ2v) is 13.0. The summed E-state index contributed by atoms with van der Waals surface area (Å²) in [5.41, 5.74) is 0.840. The smallest absolute Gasteiger partial charge is 0.335 e. The Bertz CT molecular complexity index is 1690. The molecule has 4 rings (SSSR count). The minimum absolute atomic E-state index is 0.0329. The number of nitro groups is 1. The Balaban J connectivity index is 1.39. The van der Waals surface area contributed by atoms with Gasteiger partial charge in [-0.2, -0.15) is 4.31 Å². The molecule has 0 amide bonds. The molecular formula is C31H33N3O7S. The average molecular weight is 592 g/mol. The van der Waals surface area contributed by atoms with Gasteiger partial charge in [0.2, 0.25) is 10.0 Å². The number of aromatic carboxylic acids is 1. The van der Waals surface area contributed by atoms with E-state index in [2.05, 4.69) is 35.6 Å². The van der Waals surface area contributed by atoms with Crippen molar-refractivity contribution < 1.29 is 28.3 Å². The van der Waals surface area contributed by atoms with Crippen LogP contribution in [-0.2, 0) is 16.4 Å². The fourth-order valence-electron chi connectivity index (χ4n) is 4.78. The van der Waals surface area contributed by atoms with Gasteiger partial charge in [-0.05, 0) is 65.9 Å². The number of nitrogens with zero attached hydrogens (tertiary/aromatic N) is 2. The molecule has 0 spiro atoms. The highest BCUT2D eigenvalue weighted by atomic mass is 32.2. The molecule has 0 saturated carbocycles.